The third-order valence-corrected chi connectivity index (χ3v) is 3.19. The van der Waals surface area contributed by atoms with Gasteiger partial charge in [0.1, 0.15) is 5.76 Å². The van der Waals surface area contributed by atoms with Crippen LogP contribution in [0.25, 0.3) is 0 Å². The number of benzene rings is 1. The zero-order valence-corrected chi connectivity index (χ0v) is 13.5. The summed E-state index contributed by atoms with van der Waals surface area (Å²) in [6.45, 7) is 8.90. The lowest BCUT2D eigenvalue weighted by Gasteiger charge is -2.21. The number of ketones is 1. The highest BCUT2D eigenvalue weighted by molar-refractivity contribution is 6.70. The van der Waals surface area contributed by atoms with E-state index in [9.17, 15) is 9.59 Å². The molecule has 1 aromatic rings. The molecule has 0 atom stereocenters. The van der Waals surface area contributed by atoms with Gasteiger partial charge in [0.15, 0.2) is 0 Å². The number of rotatable bonds is 5. The van der Waals surface area contributed by atoms with E-state index in [0.29, 0.717) is 11.3 Å². The Morgan fingerprint density at radius 1 is 1.00 bits per heavy atom. The second kappa shape index (κ2) is 6.52. The molecule has 5 heteroatoms. The number of hydrogen-bond donors (Lipinski definition) is 0. The van der Waals surface area contributed by atoms with Crippen LogP contribution in [0.5, 0.6) is 0 Å². The minimum atomic E-state index is -1.88. The van der Waals surface area contributed by atoms with E-state index >= 15 is 0 Å². The highest BCUT2D eigenvalue weighted by Gasteiger charge is 2.24. The molecule has 108 valence electrons. The fourth-order valence-corrected chi connectivity index (χ4v) is 2.66. The zero-order valence-electron chi connectivity index (χ0n) is 12.5. The smallest absolute Gasteiger partial charge is 0.308 e. The largest absolute Gasteiger partial charge is 0.545 e. The van der Waals surface area contributed by atoms with Gasteiger partial charge in [0.05, 0.1) is 0 Å². The van der Waals surface area contributed by atoms with Gasteiger partial charge >= 0.3 is 5.97 Å². The molecular weight excluding hydrogens is 272 g/mol. The lowest BCUT2D eigenvalue weighted by Crippen LogP contribution is -2.26. The van der Waals surface area contributed by atoms with E-state index in [1.807, 2.05) is 25.7 Å². The van der Waals surface area contributed by atoms with E-state index in [1.54, 1.807) is 31.2 Å². The van der Waals surface area contributed by atoms with Gasteiger partial charge in [0.25, 0.3) is 0 Å². The third kappa shape index (κ3) is 5.01. The third-order valence-electron chi connectivity index (χ3n) is 2.27. The molecule has 0 heterocycles. The first-order valence-electron chi connectivity index (χ1n) is 6.39. The van der Waals surface area contributed by atoms with Crippen molar-refractivity contribution in [1.82, 2.24) is 0 Å². The van der Waals surface area contributed by atoms with Crippen LogP contribution in [-0.2, 0) is 14.0 Å². The van der Waals surface area contributed by atoms with Crippen molar-refractivity contribution in [2.75, 3.05) is 0 Å². The molecule has 0 aliphatic carbocycles. The maximum Gasteiger partial charge on any atom is 0.308 e. The Labute approximate surface area is 120 Å². The minimum Gasteiger partial charge on any atom is -0.545 e. The molecule has 0 radical (unpaired) electrons. The van der Waals surface area contributed by atoms with Crippen LogP contribution in [0.4, 0.5) is 0 Å². The highest BCUT2D eigenvalue weighted by atomic mass is 28.4. The Morgan fingerprint density at radius 2 is 1.55 bits per heavy atom. The van der Waals surface area contributed by atoms with Crippen molar-refractivity contribution < 1.29 is 18.8 Å². The topological polar surface area (TPSA) is 52.6 Å². The highest BCUT2D eigenvalue weighted by Crippen LogP contribution is 2.19. The van der Waals surface area contributed by atoms with Crippen molar-refractivity contribution in [2.24, 2.45) is 0 Å². The first kappa shape index (κ1) is 16.2. The zero-order chi connectivity index (χ0) is 15.3. The molecule has 0 unspecified atom stereocenters. The molecule has 0 spiro atoms. The van der Waals surface area contributed by atoms with Crippen molar-refractivity contribution in [3.8, 4) is 0 Å². The Bertz CT molecular complexity index is 527. The number of Topliss-reactive ketones (excluding diaryl/α,β-unsaturated/α-hetero) is 1. The molecule has 1 aromatic carbocycles. The predicted molar refractivity (Wildman–Crippen MR) is 79.7 cm³/mol. The summed E-state index contributed by atoms with van der Waals surface area (Å²) in [6.07, 6.45) is 0. The summed E-state index contributed by atoms with van der Waals surface area (Å²) in [4.78, 5) is 23.6. The van der Waals surface area contributed by atoms with Gasteiger partial charge in [0, 0.05) is 12.5 Å². The fourth-order valence-electron chi connectivity index (χ4n) is 1.65. The molecule has 0 saturated heterocycles. The van der Waals surface area contributed by atoms with Gasteiger partial charge in [-0.1, -0.05) is 30.3 Å². The monoisotopic (exact) mass is 292 g/mol. The average molecular weight is 292 g/mol. The summed E-state index contributed by atoms with van der Waals surface area (Å²) < 4.78 is 10.8. The van der Waals surface area contributed by atoms with Gasteiger partial charge in [-0.05, 0) is 26.6 Å². The number of hydrogen-bond acceptors (Lipinski definition) is 4. The second-order valence-electron chi connectivity index (χ2n) is 5.39. The SMILES string of the molecule is CC(=O)O/C(C(=O)c1ccccc1)=C(\C)O[Si](C)(C)C. The number of ether oxygens (including phenoxy) is 1. The van der Waals surface area contributed by atoms with Crippen LogP contribution >= 0.6 is 0 Å². The Balaban J connectivity index is 3.16. The van der Waals surface area contributed by atoms with Crippen molar-refractivity contribution >= 4 is 20.1 Å². The summed E-state index contributed by atoms with van der Waals surface area (Å²) in [5.41, 5.74) is 0.460. The maximum absolute atomic E-state index is 12.4. The molecule has 20 heavy (non-hydrogen) atoms. The molecule has 0 bridgehead atoms. The maximum atomic E-state index is 12.4. The number of allylic oxidation sites excluding steroid dienone is 2. The van der Waals surface area contributed by atoms with Crippen LogP contribution in [0.1, 0.15) is 24.2 Å². The van der Waals surface area contributed by atoms with Gasteiger partial charge in [-0.25, -0.2) is 0 Å². The van der Waals surface area contributed by atoms with Gasteiger partial charge in [-0.2, -0.15) is 0 Å². The number of carbonyl (C=O) groups is 2. The summed E-state index contributed by atoms with van der Waals surface area (Å²) in [5.74, 6) is -0.571. The molecule has 0 aliphatic heterocycles. The normalized spacial score (nSPS) is 12.4. The van der Waals surface area contributed by atoms with Crippen LogP contribution in [-0.4, -0.2) is 20.1 Å². The van der Waals surface area contributed by atoms with Gasteiger partial charge in [0.2, 0.25) is 19.9 Å². The quantitative estimate of drug-likeness (QED) is 0.274. The molecule has 0 saturated carbocycles. The molecule has 0 fully saturated rings. The lowest BCUT2D eigenvalue weighted by molar-refractivity contribution is -0.136. The summed E-state index contributed by atoms with van der Waals surface area (Å²) in [5, 5.41) is 0. The molecular formula is C15H20O4Si. The van der Waals surface area contributed by atoms with E-state index in [0.717, 1.165) is 0 Å². The Hall–Kier alpha value is -1.88. The van der Waals surface area contributed by atoms with E-state index < -0.39 is 14.3 Å². The average Bonchev–Trinajstić information content (AvgIpc) is 2.34. The van der Waals surface area contributed by atoms with E-state index in [1.165, 1.54) is 6.92 Å². The predicted octanol–water partition coefficient (Wildman–Crippen LogP) is 3.52. The van der Waals surface area contributed by atoms with Crippen LogP contribution in [0, 0.1) is 0 Å². The van der Waals surface area contributed by atoms with E-state index in [-0.39, 0.29) is 11.5 Å². The summed E-state index contributed by atoms with van der Waals surface area (Å²) in [6, 6.07) is 8.68. The van der Waals surface area contributed by atoms with Crippen LogP contribution in [0.3, 0.4) is 0 Å². The Morgan fingerprint density at radius 3 is 2.00 bits per heavy atom. The minimum absolute atomic E-state index is 0.0360. The Kier molecular flexibility index (Phi) is 5.27. The van der Waals surface area contributed by atoms with Crippen LogP contribution < -0.4 is 0 Å². The van der Waals surface area contributed by atoms with E-state index in [4.69, 9.17) is 9.16 Å². The first-order valence-corrected chi connectivity index (χ1v) is 9.79. The molecule has 1 rings (SSSR count). The van der Waals surface area contributed by atoms with Gasteiger partial charge < -0.3 is 9.16 Å². The summed E-state index contributed by atoms with van der Waals surface area (Å²) in [7, 11) is -1.88. The molecule has 0 aliphatic rings. The summed E-state index contributed by atoms with van der Waals surface area (Å²) >= 11 is 0. The van der Waals surface area contributed by atoms with E-state index in [2.05, 4.69) is 0 Å². The lowest BCUT2D eigenvalue weighted by atomic mass is 10.1. The van der Waals surface area contributed by atoms with Crippen molar-refractivity contribution in [3.63, 3.8) is 0 Å². The molecule has 0 amide bonds. The molecule has 0 N–H and O–H groups in total. The van der Waals surface area contributed by atoms with Gasteiger partial charge in [-0.15, -0.1) is 0 Å². The number of carbonyl (C=O) groups excluding carboxylic acids is 2. The second-order valence-corrected chi connectivity index (χ2v) is 9.82. The standard InChI is InChI=1S/C15H20O4Si/c1-11(19-20(3,4)5)15(18-12(2)16)14(17)13-9-7-6-8-10-13/h6-10H,1-5H3/b15-11+. The van der Waals surface area contributed by atoms with Crippen molar-refractivity contribution in [3.05, 3.63) is 47.4 Å². The molecule has 0 aromatic heterocycles. The molecule has 4 nitrogen and oxygen atoms in total. The van der Waals surface area contributed by atoms with Crippen molar-refractivity contribution in [1.29, 1.82) is 0 Å². The first-order chi connectivity index (χ1) is 9.20. The van der Waals surface area contributed by atoms with Crippen molar-refractivity contribution in [2.45, 2.75) is 33.5 Å². The fraction of sp³-hybridized carbons (Fsp3) is 0.333. The van der Waals surface area contributed by atoms with Crippen LogP contribution in [0.2, 0.25) is 19.6 Å². The number of esters is 1. The van der Waals surface area contributed by atoms with Crippen LogP contribution in [0.15, 0.2) is 41.9 Å². The van der Waals surface area contributed by atoms with Gasteiger partial charge in [-0.3, -0.25) is 9.59 Å².